The molecule has 0 spiro atoms. The molecule has 3 N–H and O–H groups in total. The summed E-state index contributed by atoms with van der Waals surface area (Å²) < 4.78 is 6.70. The topological polar surface area (TPSA) is 120 Å². The van der Waals surface area contributed by atoms with Crippen LogP contribution in [0.1, 0.15) is 37.8 Å². The van der Waals surface area contributed by atoms with Crippen LogP contribution in [0.5, 0.6) is 0 Å². The number of nitrogens with one attached hydrogen (secondary N) is 2. The molecule has 3 aromatic rings. The SMILES string of the molecule is Cc1ncc(-c2ccc3nc(NCCN4CCN(CC(=O)O)CC4)sc3c2)cc1NC(=O)OC1CCCCC1. The van der Waals surface area contributed by atoms with Crippen LogP contribution in [-0.4, -0.2) is 88.9 Å². The Labute approximate surface area is 232 Å². The summed E-state index contributed by atoms with van der Waals surface area (Å²) in [5, 5.41) is 16.2. The Balaban J connectivity index is 1.17. The van der Waals surface area contributed by atoms with Gasteiger partial charge in [-0.2, -0.15) is 0 Å². The molecule has 2 aromatic heterocycles. The Kier molecular flexibility index (Phi) is 8.90. The Morgan fingerprint density at radius 3 is 2.62 bits per heavy atom. The van der Waals surface area contributed by atoms with E-state index in [1.54, 1.807) is 11.3 Å². The number of carbonyl (C=O) groups is 2. The fourth-order valence-corrected chi connectivity index (χ4v) is 6.09. The molecule has 3 heterocycles. The minimum Gasteiger partial charge on any atom is -0.480 e. The third-order valence-corrected chi connectivity index (χ3v) is 8.38. The number of aromatic nitrogens is 2. The van der Waals surface area contributed by atoms with E-state index < -0.39 is 12.1 Å². The lowest BCUT2D eigenvalue weighted by atomic mass is 9.98. The molecule has 2 aliphatic rings. The molecule has 1 aromatic carbocycles. The number of pyridine rings is 1. The summed E-state index contributed by atoms with van der Waals surface area (Å²) in [6.07, 6.45) is 6.70. The van der Waals surface area contributed by atoms with Gasteiger partial charge in [0.15, 0.2) is 5.13 Å². The third kappa shape index (κ3) is 7.43. The number of carbonyl (C=O) groups excluding carboxylic acids is 1. The number of thiazole rings is 1. The summed E-state index contributed by atoms with van der Waals surface area (Å²) in [6, 6.07) is 8.09. The summed E-state index contributed by atoms with van der Waals surface area (Å²) >= 11 is 1.61. The average molecular weight is 553 g/mol. The molecule has 10 nitrogen and oxygen atoms in total. The number of amides is 1. The first-order valence-electron chi connectivity index (χ1n) is 13.7. The number of anilines is 2. The van der Waals surface area contributed by atoms with Gasteiger partial charge in [0.1, 0.15) is 6.10 Å². The van der Waals surface area contributed by atoms with Gasteiger partial charge in [-0.3, -0.25) is 24.9 Å². The number of carboxylic acids is 1. The number of hydrogen-bond donors (Lipinski definition) is 3. The molecule has 0 radical (unpaired) electrons. The van der Waals surface area contributed by atoms with Gasteiger partial charge in [0.2, 0.25) is 0 Å². The Bertz CT molecular complexity index is 1300. The van der Waals surface area contributed by atoms with Crippen LogP contribution in [0.2, 0.25) is 0 Å². The van der Waals surface area contributed by atoms with E-state index in [1.165, 1.54) is 6.42 Å². The zero-order valence-corrected chi connectivity index (χ0v) is 23.1. The number of ether oxygens (including phenoxy) is 1. The Hall–Kier alpha value is -3.28. The molecule has 208 valence electrons. The molecular weight excluding hydrogens is 516 g/mol. The number of nitrogens with zero attached hydrogens (tertiary/aromatic N) is 4. The van der Waals surface area contributed by atoms with Gasteiger partial charge in [-0.05, 0) is 56.4 Å². The molecule has 0 bridgehead atoms. The molecule has 11 heteroatoms. The van der Waals surface area contributed by atoms with Gasteiger partial charge in [-0.25, -0.2) is 9.78 Å². The molecule has 0 unspecified atom stereocenters. The Morgan fingerprint density at radius 1 is 1.08 bits per heavy atom. The third-order valence-electron chi connectivity index (χ3n) is 7.40. The molecule has 1 saturated carbocycles. The van der Waals surface area contributed by atoms with Crippen molar-refractivity contribution in [1.82, 2.24) is 19.8 Å². The lowest BCUT2D eigenvalue weighted by molar-refractivity contribution is -0.138. The number of benzene rings is 1. The van der Waals surface area contributed by atoms with E-state index in [4.69, 9.17) is 14.8 Å². The maximum atomic E-state index is 12.5. The highest BCUT2D eigenvalue weighted by atomic mass is 32.1. The predicted octanol–water partition coefficient (Wildman–Crippen LogP) is 4.66. The van der Waals surface area contributed by atoms with Crippen molar-refractivity contribution in [2.75, 3.05) is 56.4 Å². The minimum absolute atomic E-state index is 0.000715. The maximum Gasteiger partial charge on any atom is 0.411 e. The van der Waals surface area contributed by atoms with Crippen LogP contribution in [-0.2, 0) is 9.53 Å². The molecule has 39 heavy (non-hydrogen) atoms. The van der Waals surface area contributed by atoms with Gasteiger partial charge < -0.3 is 15.2 Å². The second-order valence-corrected chi connectivity index (χ2v) is 11.3. The van der Waals surface area contributed by atoms with Crippen molar-refractivity contribution in [3.05, 3.63) is 36.2 Å². The van der Waals surface area contributed by atoms with E-state index in [0.717, 1.165) is 97.1 Å². The van der Waals surface area contributed by atoms with Gasteiger partial charge in [0.05, 0.1) is 28.1 Å². The lowest BCUT2D eigenvalue weighted by Crippen LogP contribution is -2.48. The number of piperazine rings is 1. The number of aliphatic carboxylic acids is 1. The standard InChI is InChI=1S/C28H36N6O4S/c1-19-24(32-28(37)38-22-5-3-2-4-6-22)15-21(17-30-19)20-7-8-23-25(16-20)39-27(31-23)29-9-10-33-11-13-34(14-12-33)18-26(35)36/h7-8,15-17,22H,2-6,9-14,18H2,1H3,(H,29,31)(H,32,37)(H,35,36). The molecule has 1 saturated heterocycles. The van der Waals surface area contributed by atoms with E-state index in [2.05, 4.69) is 26.6 Å². The van der Waals surface area contributed by atoms with Crippen LogP contribution in [0.15, 0.2) is 30.5 Å². The number of carboxylic acid groups (broad SMARTS) is 1. The summed E-state index contributed by atoms with van der Waals surface area (Å²) in [4.78, 5) is 36.9. The van der Waals surface area contributed by atoms with Crippen molar-refractivity contribution in [3.8, 4) is 11.1 Å². The predicted molar refractivity (Wildman–Crippen MR) is 154 cm³/mol. The lowest BCUT2D eigenvalue weighted by Gasteiger charge is -2.33. The van der Waals surface area contributed by atoms with Gasteiger partial charge in [0, 0.05) is 51.0 Å². The highest BCUT2D eigenvalue weighted by Crippen LogP contribution is 2.32. The van der Waals surface area contributed by atoms with Crippen molar-refractivity contribution in [3.63, 3.8) is 0 Å². The van der Waals surface area contributed by atoms with E-state index in [-0.39, 0.29) is 12.6 Å². The number of hydrogen-bond acceptors (Lipinski definition) is 9. The molecule has 5 rings (SSSR count). The minimum atomic E-state index is -0.769. The number of fused-ring (bicyclic) bond motifs is 1. The summed E-state index contributed by atoms with van der Waals surface area (Å²) in [6.45, 7) is 6.96. The highest BCUT2D eigenvalue weighted by Gasteiger charge is 2.20. The summed E-state index contributed by atoms with van der Waals surface area (Å²) in [5.41, 5.74) is 4.26. The van der Waals surface area contributed by atoms with Crippen molar-refractivity contribution in [1.29, 1.82) is 0 Å². The molecule has 1 aliphatic carbocycles. The molecule has 2 fully saturated rings. The van der Waals surface area contributed by atoms with Crippen LogP contribution in [0.25, 0.3) is 21.3 Å². The van der Waals surface area contributed by atoms with E-state index >= 15 is 0 Å². The average Bonchev–Trinajstić information content (AvgIpc) is 3.33. The van der Waals surface area contributed by atoms with Crippen LogP contribution in [0.3, 0.4) is 0 Å². The van der Waals surface area contributed by atoms with Gasteiger partial charge in [-0.15, -0.1) is 0 Å². The summed E-state index contributed by atoms with van der Waals surface area (Å²) in [5.74, 6) is -0.769. The zero-order chi connectivity index (χ0) is 27.2. The first kappa shape index (κ1) is 27.3. The van der Waals surface area contributed by atoms with Gasteiger partial charge >= 0.3 is 12.1 Å². The zero-order valence-electron chi connectivity index (χ0n) is 22.3. The van der Waals surface area contributed by atoms with Crippen LogP contribution >= 0.6 is 11.3 Å². The first-order chi connectivity index (χ1) is 18.9. The highest BCUT2D eigenvalue weighted by molar-refractivity contribution is 7.22. The normalized spacial score (nSPS) is 17.3. The van der Waals surface area contributed by atoms with Gasteiger partial charge in [-0.1, -0.05) is 23.8 Å². The maximum absolute atomic E-state index is 12.5. The second kappa shape index (κ2) is 12.7. The molecule has 0 atom stereocenters. The van der Waals surface area contributed by atoms with E-state index in [1.807, 2.05) is 36.2 Å². The van der Waals surface area contributed by atoms with Gasteiger partial charge in [0.25, 0.3) is 0 Å². The van der Waals surface area contributed by atoms with Crippen LogP contribution in [0.4, 0.5) is 15.6 Å². The molecule has 1 aliphatic heterocycles. The van der Waals surface area contributed by atoms with Crippen molar-refractivity contribution < 1.29 is 19.4 Å². The van der Waals surface area contributed by atoms with Crippen molar-refractivity contribution in [2.45, 2.75) is 45.1 Å². The Morgan fingerprint density at radius 2 is 1.85 bits per heavy atom. The van der Waals surface area contributed by atoms with E-state index in [9.17, 15) is 9.59 Å². The number of rotatable bonds is 9. The summed E-state index contributed by atoms with van der Waals surface area (Å²) in [7, 11) is 0. The first-order valence-corrected chi connectivity index (χ1v) is 14.5. The number of aryl methyl sites for hydroxylation is 1. The smallest absolute Gasteiger partial charge is 0.411 e. The van der Waals surface area contributed by atoms with Crippen LogP contribution < -0.4 is 10.6 Å². The second-order valence-electron chi connectivity index (χ2n) is 10.3. The van der Waals surface area contributed by atoms with Crippen molar-refractivity contribution in [2.24, 2.45) is 0 Å². The van der Waals surface area contributed by atoms with E-state index in [0.29, 0.717) is 5.69 Å². The van der Waals surface area contributed by atoms with Crippen molar-refractivity contribution >= 4 is 44.4 Å². The van der Waals surface area contributed by atoms with Crippen LogP contribution in [0, 0.1) is 6.92 Å². The fraction of sp³-hybridized carbons (Fsp3) is 0.500. The largest absolute Gasteiger partial charge is 0.480 e. The monoisotopic (exact) mass is 552 g/mol. The molecule has 1 amide bonds. The molecular formula is C28H36N6O4S. The quantitative estimate of drug-likeness (QED) is 0.348. The fourth-order valence-electron chi connectivity index (χ4n) is 5.15.